The summed E-state index contributed by atoms with van der Waals surface area (Å²) in [6.45, 7) is 1.45. The molecule has 14 heteroatoms. The Morgan fingerprint density at radius 1 is 1.15 bits per heavy atom. The Balaban J connectivity index is 1.54. The third kappa shape index (κ3) is 5.71. The maximum atomic E-state index is 13.6. The van der Waals surface area contributed by atoms with Crippen LogP contribution in [-0.4, -0.2) is 84.7 Å². The number of rotatable bonds is 9. The molecule has 14 nitrogen and oxygen atoms in total. The predicted octanol–water partition coefficient (Wildman–Crippen LogP) is -0.358. The maximum absolute atomic E-state index is 13.6. The lowest BCUT2D eigenvalue weighted by molar-refractivity contribution is -0.385. The Bertz CT molecular complexity index is 1330. The van der Waals surface area contributed by atoms with Gasteiger partial charge in [-0.3, -0.25) is 19.7 Å². The van der Waals surface area contributed by atoms with Crippen LogP contribution in [0.5, 0.6) is 0 Å². The molecule has 0 saturated carbocycles. The van der Waals surface area contributed by atoms with Crippen molar-refractivity contribution >= 4 is 28.9 Å². The lowest BCUT2D eigenvalue weighted by Gasteiger charge is -2.37. The minimum Gasteiger partial charge on any atom is -0.396 e. The lowest BCUT2D eigenvalue weighted by Crippen LogP contribution is -2.60. The number of hydrogen-bond acceptors (Lipinski definition) is 11. The summed E-state index contributed by atoms with van der Waals surface area (Å²) in [6, 6.07) is 9.98. The number of ether oxygens (including phenoxy) is 1. The zero-order valence-electron chi connectivity index (χ0n) is 21.9. The van der Waals surface area contributed by atoms with E-state index in [9.17, 15) is 45.2 Å². The van der Waals surface area contributed by atoms with Crippen LogP contribution < -0.4 is 10.2 Å². The minimum absolute atomic E-state index is 0.0199. The second-order valence-corrected chi connectivity index (χ2v) is 9.95. The Kier molecular flexibility index (Phi) is 8.84. The molecule has 4 rings (SSSR count). The molecular weight excluding hydrogens is 542 g/mol. The normalized spacial score (nSPS) is 28.5. The molecule has 1 saturated heterocycles. The van der Waals surface area contributed by atoms with E-state index in [-0.39, 0.29) is 30.1 Å². The van der Waals surface area contributed by atoms with Gasteiger partial charge in [0.2, 0.25) is 0 Å². The van der Waals surface area contributed by atoms with Crippen LogP contribution in [0.1, 0.15) is 24.5 Å². The van der Waals surface area contributed by atoms with Crippen molar-refractivity contribution in [3.63, 3.8) is 0 Å². The molecule has 7 N–H and O–H groups in total. The molecule has 2 aliphatic rings. The highest BCUT2D eigenvalue weighted by molar-refractivity contribution is 6.07. The van der Waals surface area contributed by atoms with Gasteiger partial charge in [-0.05, 0) is 30.2 Å². The highest BCUT2D eigenvalue weighted by Crippen LogP contribution is 2.47. The van der Waals surface area contributed by atoms with E-state index in [0.717, 1.165) is 0 Å². The topological polar surface area (TPSA) is 223 Å². The molecule has 0 aliphatic carbocycles. The van der Waals surface area contributed by atoms with Crippen molar-refractivity contribution in [1.82, 2.24) is 0 Å². The summed E-state index contributed by atoms with van der Waals surface area (Å²) >= 11 is 0. The quantitative estimate of drug-likeness (QED) is 0.117. The largest absolute Gasteiger partial charge is 0.396 e. The number of hydrogen-bond donors (Lipinski definition) is 7. The molecule has 0 spiro atoms. The smallest absolute Gasteiger partial charge is 0.269 e. The molecule has 0 aromatic heterocycles. The summed E-state index contributed by atoms with van der Waals surface area (Å²) in [4.78, 5) is 38.3. The average molecular weight is 574 g/mol. The molecule has 7 atom stereocenters. The summed E-state index contributed by atoms with van der Waals surface area (Å²) in [5, 5.41) is 73.7. The van der Waals surface area contributed by atoms with Crippen molar-refractivity contribution in [2.45, 2.75) is 56.2 Å². The van der Waals surface area contributed by atoms with Gasteiger partial charge in [0.15, 0.2) is 18.0 Å². The number of carbonyl (C=O) groups is 2. The number of aliphatic hydroxyl groups excluding tert-OH is 5. The van der Waals surface area contributed by atoms with Gasteiger partial charge >= 0.3 is 0 Å². The molecule has 1 fully saturated rings. The minimum atomic E-state index is -2.09. The zero-order chi connectivity index (χ0) is 30.1. The number of carbonyl (C=O) groups excluding carboxylic acids is 2. The molecule has 2 aromatic carbocycles. The van der Waals surface area contributed by atoms with Crippen LogP contribution in [0, 0.1) is 16.0 Å². The highest BCUT2D eigenvalue weighted by atomic mass is 16.6. The fourth-order valence-electron chi connectivity index (χ4n) is 4.89. The van der Waals surface area contributed by atoms with Crippen molar-refractivity contribution in [3.8, 4) is 0 Å². The van der Waals surface area contributed by atoms with Crippen LogP contribution in [0.3, 0.4) is 0 Å². The Labute approximate surface area is 233 Å². The van der Waals surface area contributed by atoms with E-state index in [0.29, 0.717) is 17.7 Å². The first-order valence-corrected chi connectivity index (χ1v) is 12.8. The van der Waals surface area contributed by atoms with Crippen LogP contribution in [0.4, 0.5) is 17.1 Å². The molecule has 2 aromatic rings. The predicted molar refractivity (Wildman–Crippen MR) is 142 cm³/mol. The van der Waals surface area contributed by atoms with Gasteiger partial charge in [-0.2, -0.15) is 0 Å². The van der Waals surface area contributed by atoms with E-state index in [4.69, 9.17) is 9.84 Å². The molecule has 0 unspecified atom stereocenters. The molecule has 0 radical (unpaired) electrons. The molecule has 2 heterocycles. The fraction of sp³-hybridized carbons (Fsp3) is 0.407. The van der Waals surface area contributed by atoms with Crippen LogP contribution >= 0.6 is 0 Å². The van der Waals surface area contributed by atoms with E-state index < -0.39 is 59.0 Å². The van der Waals surface area contributed by atoms with Gasteiger partial charge in [-0.15, -0.1) is 0 Å². The zero-order valence-corrected chi connectivity index (χ0v) is 21.9. The summed E-state index contributed by atoms with van der Waals surface area (Å²) in [5.41, 5.74) is -1.16. The number of nitro benzene ring substituents is 1. The molecule has 220 valence electrons. The van der Waals surface area contributed by atoms with Gasteiger partial charge < -0.3 is 45.6 Å². The SMILES string of the molecule is C[C@H](/C=C/CCO)[C@@]1(O)C(=O)N(Cc2ccc(NC(=O)[C@H]3O[C@@H](O)[C@H](O)[C@@H](O)[C@@H]3O)cc2)c2ccc([N+](=O)[O-])cc21. The third-order valence-corrected chi connectivity index (χ3v) is 7.25. The first-order valence-electron chi connectivity index (χ1n) is 12.8. The van der Waals surface area contributed by atoms with Crippen LogP contribution in [-0.2, 0) is 26.5 Å². The first kappa shape index (κ1) is 30.2. The molecule has 2 aliphatic heterocycles. The van der Waals surface area contributed by atoms with Crippen molar-refractivity contribution in [2.75, 3.05) is 16.8 Å². The summed E-state index contributed by atoms with van der Waals surface area (Å²) < 4.78 is 4.92. The Morgan fingerprint density at radius 2 is 1.83 bits per heavy atom. The second kappa shape index (κ2) is 12.0. The van der Waals surface area contributed by atoms with Crippen LogP contribution in [0.25, 0.3) is 0 Å². The Morgan fingerprint density at radius 3 is 2.46 bits per heavy atom. The van der Waals surface area contributed by atoms with E-state index in [1.807, 2.05) is 0 Å². The van der Waals surface area contributed by atoms with Gasteiger partial charge in [-0.1, -0.05) is 31.2 Å². The number of nitrogens with zero attached hydrogens (tertiary/aromatic N) is 2. The maximum Gasteiger partial charge on any atom is 0.269 e. The van der Waals surface area contributed by atoms with E-state index >= 15 is 0 Å². The number of nitrogens with one attached hydrogen (secondary N) is 1. The highest BCUT2D eigenvalue weighted by Gasteiger charge is 2.53. The van der Waals surface area contributed by atoms with Crippen molar-refractivity contribution in [3.05, 3.63) is 75.9 Å². The van der Waals surface area contributed by atoms with Gasteiger partial charge in [0.1, 0.15) is 18.3 Å². The van der Waals surface area contributed by atoms with Crippen molar-refractivity contribution < 1.29 is 49.9 Å². The number of nitro groups is 1. The van der Waals surface area contributed by atoms with Gasteiger partial charge in [-0.25, -0.2) is 0 Å². The monoisotopic (exact) mass is 573 g/mol. The van der Waals surface area contributed by atoms with Gasteiger partial charge in [0.05, 0.1) is 17.2 Å². The number of aliphatic hydroxyl groups is 6. The van der Waals surface area contributed by atoms with Gasteiger partial charge in [0, 0.05) is 35.9 Å². The van der Waals surface area contributed by atoms with Crippen LogP contribution in [0.15, 0.2) is 54.6 Å². The summed E-state index contributed by atoms with van der Waals surface area (Å²) in [7, 11) is 0. The average Bonchev–Trinajstić information content (AvgIpc) is 3.16. The standard InChI is InChI=1S/C27H31N3O11/c1-14(4-2-3-11-31)27(38)18-12-17(30(39)40)9-10-19(18)29(26(27)37)13-15-5-7-16(8-6-15)28-24(35)23-21(33)20(32)22(34)25(36)41-23/h2,4-10,12,14,20-23,25,31-34,36,38H,3,11,13H2,1H3,(H,28,35)/b4-2+/t14-,20+,21+,22-,23+,25-,27+/m1/s1. The molecular formula is C27H31N3O11. The van der Waals surface area contributed by atoms with Crippen molar-refractivity contribution in [2.24, 2.45) is 5.92 Å². The Hall–Kier alpha value is -3.76. The summed E-state index contributed by atoms with van der Waals surface area (Å²) in [5.74, 6) is -2.34. The van der Waals surface area contributed by atoms with Gasteiger partial charge in [0.25, 0.3) is 17.5 Å². The molecule has 41 heavy (non-hydrogen) atoms. The summed E-state index contributed by atoms with van der Waals surface area (Å²) in [6.07, 6.45) is -5.41. The number of anilines is 2. The lowest BCUT2D eigenvalue weighted by atomic mass is 9.82. The number of amides is 2. The number of benzene rings is 2. The third-order valence-electron chi connectivity index (χ3n) is 7.25. The first-order chi connectivity index (χ1) is 19.4. The van der Waals surface area contributed by atoms with Crippen LogP contribution in [0.2, 0.25) is 0 Å². The van der Waals surface area contributed by atoms with E-state index in [2.05, 4.69) is 5.32 Å². The van der Waals surface area contributed by atoms with E-state index in [1.165, 1.54) is 35.2 Å². The molecule has 0 bridgehead atoms. The van der Waals surface area contributed by atoms with E-state index in [1.54, 1.807) is 31.2 Å². The number of non-ortho nitro benzene ring substituents is 1. The van der Waals surface area contributed by atoms with Crippen molar-refractivity contribution in [1.29, 1.82) is 0 Å². The fourth-order valence-corrected chi connectivity index (χ4v) is 4.89. The molecule has 2 amide bonds. The number of fused-ring (bicyclic) bond motifs is 1. The second-order valence-electron chi connectivity index (χ2n) is 9.95.